The predicted molar refractivity (Wildman–Crippen MR) is 160 cm³/mol. The second-order valence-electron chi connectivity index (χ2n) is 11.2. The molecule has 1 aliphatic heterocycles. The first-order valence-electron chi connectivity index (χ1n) is 14.0. The number of ether oxygens (including phenoxy) is 2. The van der Waals surface area contributed by atoms with E-state index < -0.39 is 35.0 Å². The summed E-state index contributed by atoms with van der Waals surface area (Å²) in [5.74, 6) is -0.929. The molecule has 13 nitrogen and oxygen atoms in total. The molecule has 1 aromatic carbocycles. The van der Waals surface area contributed by atoms with Crippen molar-refractivity contribution in [2.75, 3.05) is 31.6 Å². The molecule has 1 aliphatic rings. The highest BCUT2D eigenvalue weighted by atomic mass is 32.1. The van der Waals surface area contributed by atoms with Crippen LogP contribution in [-0.4, -0.2) is 76.3 Å². The van der Waals surface area contributed by atoms with Crippen LogP contribution in [0.1, 0.15) is 50.7 Å². The van der Waals surface area contributed by atoms with Gasteiger partial charge in [0.25, 0.3) is 5.09 Å². The zero-order valence-corrected chi connectivity index (χ0v) is 25.2. The van der Waals surface area contributed by atoms with Crippen LogP contribution in [0.2, 0.25) is 0 Å². The summed E-state index contributed by atoms with van der Waals surface area (Å²) in [6.07, 6.45) is 3.24. The molecule has 1 saturated heterocycles. The molecular weight excluding hydrogens is 578 g/mol. The van der Waals surface area contributed by atoms with Crippen molar-refractivity contribution >= 4 is 38.5 Å². The van der Waals surface area contributed by atoms with Gasteiger partial charge in [-0.2, -0.15) is 0 Å². The molecule has 0 aliphatic carbocycles. The van der Waals surface area contributed by atoms with E-state index in [4.69, 9.17) is 9.47 Å². The fourth-order valence-electron chi connectivity index (χ4n) is 4.83. The van der Waals surface area contributed by atoms with Crippen molar-refractivity contribution in [2.24, 2.45) is 0 Å². The van der Waals surface area contributed by atoms with Crippen LogP contribution in [0.15, 0.2) is 48.8 Å². The van der Waals surface area contributed by atoms with Crippen molar-refractivity contribution in [3.63, 3.8) is 0 Å². The minimum absolute atomic E-state index is 0.0479. The quantitative estimate of drug-likeness (QED) is 0.110. The van der Waals surface area contributed by atoms with Gasteiger partial charge in [0.05, 0.1) is 9.70 Å². The number of pyridine rings is 1. The fourth-order valence-corrected chi connectivity index (χ4v) is 5.79. The molecule has 3 heterocycles. The number of benzene rings is 1. The smallest absolute Gasteiger partial charge is 0.407 e. The Morgan fingerprint density at radius 3 is 2.72 bits per heavy atom. The number of carbonyl (C=O) groups is 2. The lowest BCUT2D eigenvalue weighted by atomic mass is 9.96. The van der Waals surface area contributed by atoms with Crippen LogP contribution in [0.25, 0.3) is 10.1 Å². The third kappa shape index (κ3) is 9.49. The number of nitrogens with zero attached hydrogens (tertiary/aromatic N) is 3. The maximum atomic E-state index is 12.7. The van der Waals surface area contributed by atoms with Crippen molar-refractivity contribution < 1.29 is 34.1 Å². The van der Waals surface area contributed by atoms with Crippen molar-refractivity contribution in [3.05, 3.63) is 70.0 Å². The summed E-state index contributed by atoms with van der Waals surface area (Å²) in [6.45, 7) is 6.27. The Labute approximate surface area is 253 Å². The molecule has 43 heavy (non-hydrogen) atoms. The fraction of sp³-hybridized carbons (Fsp3) is 0.483. The molecule has 0 unspecified atom stereocenters. The number of nitrogens with one attached hydrogen (secondary N) is 2. The van der Waals surface area contributed by atoms with E-state index in [0.29, 0.717) is 13.0 Å². The van der Waals surface area contributed by atoms with E-state index in [1.165, 1.54) is 11.3 Å². The van der Waals surface area contributed by atoms with Gasteiger partial charge in [-0.1, -0.05) is 24.3 Å². The number of alkyl carbamates (subject to hydrolysis) is 1. The lowest BCUT2D eigenvalue weighted by Crippen LogP contribution is -2.39. The number of likely N-dealkylation sites (tertiary alicyclic amines) is 1. The van der Waals surface area contributed by atoms with Crippen LogP contribution in [-0.2, 0) is 25.7 Å². The van der Waals surface area contributed by atoms with Gasteiger partial charge in [-0.25, -0.2) is 4.79 Å². The number of carbonyl (C=O) groups excluding carboxylic acids is 2. The predicted octanol–water partition coefficient (Wildman–Crippen LogP) is 4.05. The third-order valence-electron chi connectivity index (χ3n) is 6.86. The van der Waals surface area contributed by atoms with E-state index in [1.54, 1.807) is 45.3 Å². The number of amides is 1. The highest BCUT2D eigenvalue weighted by Gasteiger charge is 2.32. The lowest BCUT2D eigenvalue weighted by molar-refractivity contribution is -0.757. The summed E-state index contributed by atoms with van der Waals surface area (Å²) in [6, 6.07) is 10.6. The van der Waals surface area contributed by atoms with E-state index in [9.17, 15) is 24.8 Å². The summed E-state index contributed by atoms with van der Waals surface area (Å²) in [7, 11) is 0. The van der Waals surface area contributed by atoms with Gasteiger partial charge in [0.2, 0.25) is 0 Å². The SMILES string of the molecule is CC(C)(C)OC(=O)NC[C@H](c1ccc(COC(=O)[C@@H]2CCCN2CCO[N+](=O)[O-])cc1)[C@H](O)Nc1cc2ccncc2s1. The number of thiophene rings is 1. The van der Waals surface area contributed by atoms with Crippen LogP contribution < -0.4 is 10.6 Å². The topological polar surface area (TPSA) is 165 Å². The number of aliphatic hydroxyl groups excluding tert-OH is 1. The molecule has 14 heteroatoms. The van der Waals surface area contributed by atoms with E-state index >= 15 is 0 Å². The Morgan fingerprint density at radius 2 is 2.02 bits per heavy atom. The Balaban J connectivity index is 1.39. The number of aliphatic hydroxyl groups is 1. The monoisotopic (exact) mass is 615 g/mol. The molecular formula is C29H37N5O8S. The first-order valence-corrected chi connectivity index (χ1v) is 14.8. The van der Waals surface area contributed by atoms with Crippen LogP contribution >= 0.6 is 11.3 Å². The number of hydrogen-bond donors (Lipinski definition) is 3. The van der Waals surface area contributed by atoms with Gasteiger partial charge in [0.1, 0.15) is 31.1 Å². The Hall–Kier alpha value is -4.01. The first-order chi connectivity index (χ1) is 20.5. The largest absolute Gasteiger partial charge is 0.460 e. The molecule has 0 spiro atoms. The number of aromatic nitrogens is 1. The van der Waals surface area contributed by atoms with Gasteiger partial charge >= 0.3 is 12.1 Å². The normalized spacial score (nSPS) is 16.8. The average molecular weight is 616 g/mol. The van der Waals surface area contributed by atoms with E-state index in [-0.39, 0.29) is 32.3 Å². The second-order valence-corrected chi connectivity index (χ2v) is 12.3. The number of fused-ring (bicyclic) bond motifs is 1. The van der Waals surface area contributed by atoms with Gasteiger partial charge < -0.3 is 30.1 Å². The lowest BCUT2D eigenvalue weighted by Gasteiger charge is -2.26. The molecule has 2 aromatic heterocycles. The van der Waals surface area contributed by atoms with E-state index in [1.807, 2.05) is 29.2 Å². The van der Waals surface area contributed by atoms with Crippen LogP contribution in [0, 0.1) is 10.1 Å². The standard InChI is InChI=1S/C29H37N5O8S/c1-29(2,3)42-28(37)31-16-22(26(35)32-25-15-21-10-11-30-17-24(21)43-25)20-8-6-19(7-9-20)18-40-27(36)23-5-4-12-33(23)13-14-41-34(38)39/h6-11,15,17,22-23,26,32,35H,4-5,12-14,16,18H2,1-3H3,(H,31,37)/t22-,23+,26+/m1/s1. The highest BCUT2D eigenvalue weighted by molar-refractivity contribution is 7.22. The summed E-state index contributed by atoms with van der Waals surface area (Å²) >= 11 is 1.46. The van der Waals surface area contributed by atoms with Crippen molar-refractivity contribution in [2.45, 2.75) is 64.0 Å². The molecule has 0 saturated carbocycles. The zero-order chi connectivity index (χ0) is 31.0. The van der Waals surface area contributed by atoms with Gasteiger partial charge in [-0.05, 0) is 68.8 Å². The van der Waals surface area contributed by atoms with Gasteiger partial charge in [0, 0.05) is 31.4 Å². The third-order valence-corrected chi connectivity index (χ3v) is 7.88. The molecule has 3 N–H and O–H groups in total. The first kappa shape index (κ1) is 31.9. The van der Waals surface area contributed by atoms with Crippen molar-refractivity contribution in [1.82, 2.24) is 15.2 Å². The Bertz CT molecular complexity index is 1360. The summed E-state index contributed by atoms with van der Waals surface area (Å²) in [4.78, 5) is 45.9. The number of anilines is 1. The average Bonchev–Trinajstić information content (AvgIpc) is 3.58. The Morgan fingerprint density at radius 1 is 1.26 bits per heavy atom. The van der Waals surface area contributed by atoms with Crippen LogP contribution in [0.4, 0.5) is 9.80 Å². The van der Waals surface area contributed by atoms with Crippen LogP contribution in [0.5, 0.6) is 0 Å². The number of rotatable bonds is 13. The maximum Gasteiger partial charge on any atom is 0.407 e. The minimum atomic E-state index is -1.05. The Kier molecular flexibility index (Phi) is 10.7. The van der Waals surface area contributed by atoms with Gasteiger partial charge in [0.15, 0.2) is 0 Å². The summed E-state index contributed by atoms with van der Waals surface area (Å²) in [5.41, 5.74) is 0.831. The maximum absolute atomic E-state index is 12.7. The van der Waals surface area contributed by atoms with Crippen LogP contribution in [0.3, 0.4) is 0 Å². The molecule has 1 amide bonds. The van der Waals surface area contributed by atoms with E-state index in [0.717, 1.165) is 32.6 Å². The highest BCUT2D eigenvalue weighted by Crippen LogP contribution is 2.31. The molecule has 3 aromatic rings. The zero-order valence-electron chi connectivity index (χ0n) is 24.4. The van der Waals surface area contributed by atoms with E-state index in [2.05, 4.69) is 20.5 Å². The van der Waals surface area contributed by atoms with Crippen molar-refractivity contribution in [3.8, 4) is 0 Å². The molecule has 232 valence electrons. The van der Waals surface area contributed by atoms with Gasteiger partial charge in [-0.15, -0.1) is 21.5 Å². The molecule has 1 fully saturated rings. The molecule has 0 radical (unpaired) electrons. The van der Waals surface area contributed by atoms with Gasteiger partial charge in [-0.3, -0.25) is 14.7 Å². The minimum Gasteiger partial charge on any atom is -0.460 e. The van der Waals surface area contributed by atoms with Crippen molar-refractivity contribution in [1.29, 1.82) is 0 Å². The number of esters is 1. The summed E-state index contributed by atoms with van der Waals surface area (Å²) in [5, 5.41) is 28.5. The second kappa shape index (κ2) is 14.4. The molecule has 3 atom stereocenters. The summed E-state index contributed by atoms with van der Waals surface area (Å²) < 4.78 is 11.9. The molecule has 0 bridgehead atoms. The molecule has 4 rings (SSSR count). The number of hydrogen-bond acceptors (Lipinski definition) is 12.